The van der Waals surface area contributed by atoms with E-state index in [4.69, 9.17) is 4.74 Å². The lowest BCUT2D eigenvalue weighted by molar-refractivity contribution is -0.118. The number of hydrogen-bond donors (Lipinski definition) is 2. The van der Waals surface area contributed by atoms with Crippen LogP contribution in [0.25, 0.3) is 0 Å². The highest BCUT2D eigenvalue weighted by Crippen LogP contribution is 2.19. The van der Waals surface area contributed by atoms with Gasteiger partial charge in [-0.15, -0.1) is 0 Å². The van der Waals surface area contributed by atoms with Gasteiger partial charge < -0.3 is 10.1 Å². The molecular weight excluding hydrogens is 402 g/mol. The van der Waals surface area contributed by atoms with E-state index in [-0.39, 0.29) is 16.3 Å². The van der Waals surface area contributed by atoms with Crippen LogP contribution in [0.4, 0.5) is 20.2 Å². The number of rotatable bonds is 7. The van der Waals surface area contributed by atoms with Crippen LogP contribution in [0.1, 0.15) is 0 Å². The van der Waals surface area contributed by atoms with Gasteiger partial charge in [-0.25, -0.2) is 17.2 Å². The zero-order chi connectivity index (χ0) is 20.9. The van der Waals surface area contributed by atoms with Crippen LogP contribution in [0.15, 0.2) is 77.7 Å². The van der Waals surface area contributed by atoms with Crippen molar-refractivity contribution < 1.29 is 26.7 Å². The zero-order valence-corrected chi connectivity index (χ0v) is 15.7. The molecule has 0 atom stereocenters. The minimum Gasteiger partial charge on any atom is -0.484 e. The van der Waals surface area contributed by atoms with Crippen LogP contribution in [0.2, 0.25) is 0 Å². The van der Waals surface area contributed by atoms with Crippen molar-refractivity contribution in [3.63, 3.8) is 0 Å². The molecule has 0 aliphatic rings. The molecule has 0 saturated heterocycles. The maximum absolute atomic E-state index is 13.5. The zero-order valence-electron chi connectivity index (χ0n) is 14.9. The summed E-state index contributed by atoms with van der Waals surface area (Å²) in [7, 11) is -3.77. The molecule has 0 unspecified atom stereocenters. The van der Waals surface area contributed by atoms with Gasteiger partial charge in [0.1, 0.15) is 17.4 Å². The van der Waals surface area contributed by atoms with E-state index in [2.05, 4.69) is 10.0 Å². The molecule has 0 fully saturated rings. The average molecular weight is 418 g/mol. The number of carbonyl (C=O) groups excluding carboxylic acids is 1. The van der Waals surface area contributed by atoms with Crippen LogP contribution in [-0.4, -0.2) is 20.9 Å². The average Bonchev–Trinajstić information content (AvgIpc) is 2.70. The Kier molecular flexibility index (Phi) is 6.08. The fourth-order valence-electron chi connectivity index (χ4n) is 2.36. The molecule has 1 amide bonds. The number of amides is 1. The second kappa shape index (κ2) is 8.70. The molecule has 6 nitrogen and oxygen atoms in total. The third-order valence-corrected chi connectivity index (χ3v) is 5.13. The molecule has 150 valence electrons. The van der Waals surface area contributed by atoms with Gasteiger partial charge in [0.15, 0.2) is 6.61 Å². The molecule has 0 aliphatic carbocycles. The molecule has 0 aromatic heterocycles. The number of carbonyl (C=O) groups is 1. The van der Waals surface area contributed by atoms with Crippen LogP contribution in [0.5, 0.6) is 5.75 Å². The van der Waals surface area contributed by atoms with Crippen molar-refractivity contribution in [1.29, 1.82) is 0 Å². The van der Waals surface area contributed by atoms with Gasteiger partial charge in [-0.05, 0) is 48.5 Å². The van der Waals surface area contributed by atoms with Crippen LogP contribution in [0.3, 0.4) is 0 Å². The number of halogens is 2. The number of ether oxygens (including phenoxy) is 1. The van der Waals surface area contributed by atoms with Gasteiger partial charge in [-0.3, -0.25) is 9.52 Å². The molecule has 0 saturated carbocycles. The number of anilines is 2. The van der Waals surface area contributed by atoms with E-state index in [1.165, 1.54) is 24.3 Å². The number of nitrogens with one attached hydrogen (secondary N) is 2. The molecule has 2 N–H and O–H groups in total. The molecule has 0 radical (unpaired) electrons. The lowest BCUT2D eigenvalue weighted by atomic mass is 10.3. The topological polar surface area (TPSA) is 84.5 Å². The summed E-state index contributed by atoms with van der Waals surface area (Å²) in [5, 5.41) is 2.20. The van der Waals surface area contributed by atoms with Crippen molar-refractivity contribution in [2.24, 2.45) is 0 Å². The van der Waals surface area contributed by atoms with E-state index >= 15 is 0 Å². The van der Waals surface area contributed by atoms with Crippen molar-refractivity contribution in [2.45, 2.75) is 4.90 Å². The largest absolute Gasteiger partial charge is 0.484 e. The number of benzene rings is 3. The van der Waals surface area contributed by atoms with Gasteiger partial charge >= 0.3 is 0 Å². The maximum atomic E-state index is 13.5. The van der Waals surface area contributed by atoms with Gasteiger partial charge in [0.25, 0.3) is 15.9 Å². The number of hydrogen-bond acceptors (Lipinski definition) is 4. The SMILES string of the molecule is O=C(COc1ccc(S(=O)(=O)Nc2ccccc2)cc1)Nc1cc(F)ccc1F. The van der Waals surface area contributed by atoms with E-state index in [9.17, 15) is 22.0 Å². The van der Waals surface area contributed by atoms with E-state index in [1.807, 2.05) is 0 Å². The summed E-state index contributed by atoms with van der Waals surface area (Å²) in [5.41, 5.74) is 0.126. The summed E-state index contributed by atoms with van der Waals surface area (Å²) in [6, 6.07) is 16.5. The minimum atomic E-state index is -3.77. The van der Waals surface area contributed by atoms with E-state index in [0.29, 0.717) is 5.69 Å². The predicted molar refractivity (Wildman–Crippen MR) is 104 cm³/mol. The Bertz CT molecular complexity index is 1110. The number of para-hydroxylation sites is 1. The summed E-state index contributed by atoms with van der Waals surface area (Å²) < 4.78 is 59.1. The fraction of sp³-hybridized carbons (Fsp3) is 0.0500. The maximum Gasteiger partial charge on any atom is 0.262 e. The standard InChI is InChI=1S/C20H16F2N2O4S/c21-14-6-11-18(22)19(12-14)23-20(25)13-28-16-7-9-17(10-8-16)29(26,27)24-15-4-2-1-3-5-15/h1-12,24H,13H2,(H,23,25). The Labute approximate surface area is 166 Å². The Morgan fingerprint density at radius 1 is 0.931 bits per heavy atom. The predicted octanol–water partition coefficient (Wildman–Crippen LogP) is 3.78. The summed E-state index contributed by atoms with van der Waals surface area (Å²) in [6.07, 6.45) is 0. The lowest BCUT2D eigenvalue weighted by Crippen LogP contribution is -2.21. The second-order valence-electron chi connectivity index (χ2n) is 5.90. The van der Waals surface area contributed by atoms with Crippen molar-refractivity contribution in [3.8, 4) is 5.75 Å². The molecule has 0 heterocycles. The molecule has 0 spiro atoms. The van der Waals surface area contributed by atoms with Crippen molar-refractivity contribution >= 4 is 27.3 Å². The third-order valence-electron chi connectivity index (χ3n) is 3.73. The van der Waals surface area contributed by atoms with E-state index in [0.717, 1.165) is 18.2 Å². The summed E-state index contributed by atoms with van der Waals surface area (Å²) >= 11 is 0. The first-order chi connectivity index (χ1) is 13.8. The van der Waals surface area contributed by atoms with Crippen molar-refractivity contribution in [3.05, 3.63) is 84.4 Å². The summed E-state index contributed by atoms with van der Waals surface area (Å²) in [6.45, 7) is -0.468. The van der Waals surface area contributed by atoms with Gasteiger partial charge in [0.05, 0.1) is 10.6 Å². The first-order valence-corrected chi connectivity index (χ1v) is 9.87. The normalized spacial score (nSPS) is 11.0. The third kappa shape index (κ3) is 5.52. The molecule has 9 heteroatoms. The van der Waals surface area contributed by atoms with Gasteiger partial charge in [0.2, 0.25) is 0 Å². The molecule has 3 rings (SSSR count). The van der Waals surface area contributed by atoms with Gasteiger partial charge in [-0.2, -0.15) is 0 Å². The summed E-state index contributed by atoms with van der Waals surface area (Å²) in [4.78, 5) is 11.9. The molecule has 3 aromatic carbocycles. The van der Waals surface area contributed by atoms with E-state index in [1.54, 1.807) is 30.3 Å². The lowest BCUT2D eigenvalue weighted by Gasteiger charge is -2.10. The molecule has 29 heavy (non-hydrogen) atoms. The monoisotopic (exact) mass is 418 g/mol. The van der Waals surface area contributed by atoms with Crippen molar-refractivity contribution in [1.82, 2.24) is 0 Å². The number of sulfonamides is 1. The smallest absolute Gasteiger partial charge is 0.262 e. The van der Waals surface area contributed by atoms with Gasteiger partial charge in [0, 0.05) is 11.8 Å². The molecule has 0 bridgehead atoms. The highest BCUT2D eigenvalue weighted by molar-refractivity contribution is 7.92. The van der Waals surface area contributed by atoms with Crippen LogP contribution in [-0.2, 0) is 14.8 Å². The van der Waals surface area contributed by atoms with Crippen molar-refractivity contribution in [2.75, 3.05) is 16.6 Å². The van der Waals surface area contributed by atoms with E-state index < -0.39 is 34.2 Å². The Morgan fingerprint density at radius 2 is 1.62 bits per heavy atom. The van der Waals surface area contributed by atoms with Crippen LogP contribution in [0, 0.1) is 11.6 Å². The molecule has 3 aromatic rings. The van der Waals surface area contributed by atoms with Gasteiger partial charge in [-0.1, -0.05) is 18.2 Å². The highest BCUT2D eigenvalue weighted by Gasteiger charge is 2.14. The Hall–Kier alpha value is -3.46. The molecule has 0 aliphatic heterocycles. The quantitative estimate of drug-likeness (QED) is 0.612. The van der Waals surface area contributed by atoms with Crippen LogP contribution >= 0.6 is 0 Å². The highest BCUT2D eigenvalue weighted by atomic mass is 32.2. The van der Waals surface area contributed by atoms with Crippen LogP contribution < -0.4 is 14.8 Å². The minimum absolute atomic E-state index is 0.0139. The molecular formula is C20H16F2N2O4S. The first kappa shape index (κ1) is 20.3. The Morgan fingerprint density at radius 3 is 2.31 bits per heavy atom. The fourth-order valence-corrected chi connectivity index (χ4v) is 3.42. The first-order valence-electron chi connectivity index (χ1n) is 8.39. The summed E-state index contributed by atoms with van der Waals surface area (Å²) in [5.74, 6) is -1.93. The Balaban J connectivity index is 1.59. The second-order valence-corrected chi connectivity index (χ2v) is 7.59.